The highest BCUT2D eigenvalue weighted by atomic mass is 32.2. The summed E-state index contributed by atoms with van der Waals surface area (Å²) >= 11 is 0. The van der Waals surface area contributed by atoms with Crippen molar-refractivity contribution in [1.29, 1.82) is 0 Å². The Bertz CT molecular complexity index is 808. The van der Waals surface area contributed by atoms with Crippen molar-refractivity contribution in [3.8, 4) is 0 Å². The molecular formula is C15H21F2N3O2S. The summed E-state index contributed by atoms with van der Waals surface area (Å²) < 4.78 is 53.0. The van der Waals surface area contributed by atoms with E-state index < -0.39 is 23.0 Å². The van der Waals surface area contributed by atoms with Gasteiger partial charge in [-0.05, 0) is 24.0 Å². The van der Waals surface area contributed by atoms with Crippen molar-refractivity contribution < 1.29 is 17.2 Å². The van der Waals surface area contributed by atoms with E-state index in [9.17, 15) is 17.2 Å². The number of aromatic nitrogens is 2. The summed E-state index contributed by atoms with van der Waals surface area (Å²) in [6.07, 6.45) is -2.58. The number of benzene rings is 1. The number of hydrogen-bond donors (Lipinski definition) is 1. The quantitative estimate of drug-likeness (QED) is 0.904. The van der Waals surface area contributed by atoms with E-state index in [-0.39, 0.29) is 17.0 Å². The van der Waals surface area contributed by atoms with Crippen molar-refractivity contribution in [1.82, 2.24) is 9.78 Å². The summed E-state index contributed by atoms with van der Waals surface area (Å²) in [6, 6.07) is 5.32. The zero-order chi connectivity index (χ0) is 17.4. The summed E-state index contributed by atoms with van der Waals surface area (Å²) in [5, 5.41) is 4.61. The van der Waals surface area contributed by atoms with Crippen molar-refractivity contribution in [2.24, 2.45) is 0 Å². The molecule has 0 bridgehead atoms. The molecule has 0 aliphatic rings. The Morgan fingerprint density at radius 2 is 1.96 bits per heavy atom. The van der Waals surface area contributed by atoms with Gasteiger partial charge in [0.15, 0.2) is 5.82 Å². The smallest absolute Gasteiger partial charge is 0.257 e. The number of alkyl halides is 2. The van der Waals surface area contributed by atoms with Gasteiger partial charge in [-0.1, -0.05) is 32.9 Å². The Hall–Kier alpha value is -1.70. The molecule has 0 unspecified atom stereocenters. The molecule has 23 heavy (non-hydrogen) atoms. The highest BCUT2D eigenvalue weighted by molar-refractivity contribution is 7.92. The second-order valence-electron chi connectivity index (χ2n) is 6.38. The van der Waals surface area contributed by atoms with Crippen LogP contribution in [0.4, 0.5) is 14.6 Å². The second-order valence-corrected chi connectivity index (χ2v) is 8.39. The lowest BCUT2D eigenvalue weighted by atomic mass is 9.85. The maximum atomic E-state index is 12.9. The van der Waals surface area contributed by atoms with Gasteiger partial charge < -0.3 is 0 Å². The number of nitrogens with zero attached hydrogens (tertiary/aromatic N) is 2. The molecule has 5 nitrogen and oxygen atoms in total. The molecule has 0 saturated heterocycles. The molecule has 0 radical (unpaired) electrons. The second kappa shape index (κ2) is 6.07. The molecule has 2 aromatic rings. The van der Waals surface area contributed by atoms with Crippen molar-refractivity contribution in [2.75, 3.05) is 10.5 Å². The van der Waals surface area contributed by atoms with E-state index in [2.05, 4.69) is 9.82 Å². The lowest BCUT2D eigenvalue weighted by Crippen LogP contribution is -2.16. The molecule has 0 aliphatic heterocycles. The molecule has 1 aromatic carbocycles. The van der Waals surface area contributed by atoms with Gasteiger partial charge in [0.2, 0.25) is 10.0 Å². The number of anilines is 1. The fourth-order valence-corrected chi connectivity index (χ4v) is 2.99. The van der Waals surface area contributed by atoms with Crippen LogP contribution in [0.1, 0.15) is 33.3 Å². The Balaban J connectivity index is 2.72. The number of nitrogens with one attached hydrogen (secondary N) is 1. The third kappa shape index (κ3) is 3.80. The van der Waals surface area contributed by atoms with E-state index in [4.69, 9.17) is 0 Å². The number of halogens is 2. The number of rotatable bonds is 5. The summed E-state index contributed by atoms with van der Waals surface area (Å²) in [7, 11) is -3.54. The predicted octanol–water partition coefficient (Wildman–Crippen LogP) is 3.36. The highest BCUT2D eigenvalue weighted by Crippen LogP contribution is 2.34. The van der Waals surface area contributed by atoms with Gasteiger partial charge in [-0.3, -0.25) is 9.40 Å². The van der Waals surface area contributed by atoms with Gasteiger partial charge in [0.05, 0.1) is 11.3 Å². The predicted molar refractivity (Wildman–Crippen MR) is 87.5 cm³/mol. The Labute approximate surface area is 134 Å². The molecule has 0 aliphatic carbocycles. The monoisotopic (exact) mass is 345 g/mol. The number of para-hydroxylation sites is 1. The van der Waals surface area contributed by atoms with Gasteiger partial charge in [-0.2, -0.15) is 5.10 Å². The molecule has 1 heterocycles. The summed E-state index contributed by atoms with van der Waals surface area (Å²) in [6.45, 7) is 6.82. The van der Waals surface area contributed by atoms with E-state index in [1.54, 1.807) is 12.1 Å². The normalized spacial score (nSPS) is 13.0. The number of hydrogen-bond acceptors (Lipinski definition) is 3. The van der Waals surface area contributed by atoms with Crippen molar-refractivity contribution in [2.45, 2.75) is 46.1 Å². The van der Waals surface area contributed by atoms with Gasteiger partial charge in [-0.25, -0.2) is 17.2 Å². The van der Waals surface area contributed by atoms with Crippen LogP contribution in [0.3, 0.4) is 0 Å². The minimum atomic E-state index is -3.54. The number of sulfonamides is 1. The first-order chi connectivity index (χ1) is 10.5. The molecule has 0 spiro atoms. The molecule has 1 aromatic heterocycles. The van der Waals surface area contributed by atoms with Gasteiger partial charge in [0.25, 0.3) is 6.43 Å². The third-order valence-electron chi connectivity index (χ3n) is 3.52. The summed E-state index contributed by atoms with van der Waals surface area (Å²) in [4.78, 5) is 0. The molecular weight excluding hydrogens is 324 g/mol. The molecule has 0 saturated carbocycles. The average Bonchev–Trinajstić information content (AvgIpc) is 2.74. The van der Waals surface area contributed by atoms with Gasteiger partial charge in [0.1, 0.15) is 6.54 Å². The van der Waals surface area contributed by atoms with Gasteiger partial charge in [-0.15, -0.1) is 0 Å². The highest BCUT2D eigenvalue weighted by Gasteiger charge is 2.24. The van der Waals surface area contributed by atoms with Crippen molar-refractivity contribution in [3.05, 3.63) is 23.8 Å². The molecule has 128 valence electrons. The Kier molecular flexibility index (Phi) is 4.66. The van der Waals surface area contributed by atoms with Gasteiger partial charge >= 0.3 is 0 Å². The van der Waals surface area contributed by atoms with E-state index in [0.29, 0.717) is 10.9 Å². The maximum Gasteiger partial charge on any atom is 0.257 e. The summed E-state index contributed by atoms with van der Waals surface area (Å²) in [5.74, 6) is -0.0246. The molecule has 0 fully saturated rings. The maximum absolute atomic E-state index is 12.9. The van der Waals surface area contributed by atoms with E-state index in [1.807, 2.05) is 26.8 Å². The fourth-order valence-electron chi connectivity index (χ4n) is 2.40. The van der Waals surface area contributed by atoms with Gasteiger partial charge in [0, 0.05) is 5.39 Å². The molecule has 0 amide bonds. The first kappa shape index (κ1) is 17.7. The topological polar surface area (TPSA) is 64.0 Å². The third-order valence-corrected chi connectivity index (χ3v) is 4.79. The first-order valence-electron chi connectivity index (χ1n) is 7.34. The molecule has 0 atom stereocenters. The molecule has 1 N–H and O–H groups in total. The minimum absolute atomic E-state index is 0.0913. The van der Waals surface area contributed by atoms with Crippen molar-refractivity contribution in [3.63, 3.8) is 0 Å². The van der Waals surface area contributed by atoms with Crippen LogP contribution in [0.2, 0.25) is 0 Å². The Morgan fingerprint density at radius 3 is 2.48 bits per heavy atom. The Morgan fingerprint density at radius 1 is 1.30 bits per heavy atom. The van der Waals surface area contributed by atoms with Crippen molar-refractivity contribution >= 4 is 26.7 Å². The van der Waals surface area contributed by atoms with E-state index in [1.165, 1.54) is 11.6 Å². The van der Waals surface area contributed by atoms with Crippen LogP contribution in [0.25, 0.3) is 10.9 Å². The zero-order valence-electron chi connectivity index (χ0n) is 13.6. The van der Waals surface area contributed by atoms with Crippen LogP contribution in [0, 0.1) is 0 Å². The zero-order valence-corrected chi connectivity index (χ0v) is 14.4. The standard InChI is InChI=1S/C15H21F2N3O2S/c1-5-23(21,22)19-14-10-7-6-8-11(15(2,3)4)13(10)20(18-14)9-12(16)17/h6-8,12H,5,9H2,1-4H3,(H,18,19). The van der Waals surface area contributed by atoms with Crippen LogP contribution in [-0.4, -0.2) is 30.4 Å². The van der Waals surface area contributed by atoms with Crippen LogP contribution in [0.15, 0.2) is 18.2 Å². The fraction of sp³-hybridized carbons (Fsp3) is 0.533. The van der Waals surface area contributed by atoms with Crippen LogP contribution < -0.4 is 4.72 Å². The number of fused-ring (bicyclic) bond motifs is 1. The van der Waals surface area contributed by atoms with Crippen LogP contribution in [0.5, 0.6) is 0 Å². The lowest BCUT2D eigenvalue weighted by molar-refractivity contribution is 0.123. The SMILES string of the molecule is CCS(=O)(=O)Nc1nn(CC(F)F)c2c(C(C)(C)C)cccc12. The molecule has 2 rings (SSSR count). The first-order valence-corrected chi connectivity index (χ1v) is 8.99. The summed E-state index contributed by atoms with van der Waals surface area (Å²) in [5.41, 5.74) is 1.08. The largest absolute Gasteiger partial charge is 0.265 e. The van der Waals surface area contributed by atoms with E-state index >= 15 is 0 Å². The van der Waals surface area contributed by atoms with E-state index in [0.717, 1.165) is 5.56 Å². The van der Waals surface area contributed by atoms with Crippen LogP contribution in [-0.2, 0) is 22.0 Å². The average molecular weight is 345 g/mol. The minimum Gasteiger partial charge on any atom is -0.265 e. The van der Waals surface area contributed by atoms with Crippen LogP contribution >= 0.6 is 0 Å². The lowest BCUT2D eigenvalue weighted by Gasteiger charge is -2.21. The molecule has 8 heteroatoms.